The number of nitrogens with one attached hydrogen (secondary N) is 1. The van der Waals surface area contributed by atoms with Crippen molar-refractivity contribution < 1.29 is 33.9 Å². The molecule has 1 unspecified atom stereocenters. The second-order valence-corrected chi connectivity index (χ2v) is 8.94. The Kier molecular flexibility index (Phi) is 12.2. The standard InChI is InChI=1S/C26H35N3O9/c1-4-5-6-7-8-9-10-14-36-25(30)22-18(2)27-19(3)23(26(31)37-15-16-38-29(34)35)24(22)20-12-11-13-21(17-20)28(32)33/h11-13,17,24,27H,4-10,14-16H2,1-3H3. The van der Waals surface area contributed by atoms with Gasteiger partial charge in [0.2, 0.25) is 0 Å². The number of ether oxygens (including phenoxy) is 2. The van der Waals surface area contributed by atoms with Gasteiger partial charge in [-0.2, -0.15) is 0 Å². The van der Waals surface area contributed by atoms with Crippen LogP contribution in [0.1, 0.15) is 77.2 Å². The largest absolute Gasteiger partial charge is 0.462 e. The Hall–Kier alpha value is -3.96. The van der Waals surface area contributed by atoms with E-state index in [1.807, 2.05) is 0 Å². The molecular weight excluding hydrogens is 498 g/mol. The molecule has 1 heterocycles. The second-order valence-electron chi connectivity index (χ2n) is 8.94. The van der Waals surface area contributed by atoms with E-state index in [0.29, 0.717) is 23.4 Å². The Morgan fingerprint density at radius 1 is 0.868 bits per heavy atom. The number of carbonyl (C=O) groups is 2. The van der Waals surface area contributed by atoms with Crippen LogP contribution in [0.25, 0.3) is 0 Å². The lowest BCUT2D eigenvalue weighted by Crippen LogP contribution is -2.33. The Bertz CT molecular complexity index is 1080. The summed E-state index contributed by atoms with van der Waals surface area (Å²) < 4.78 is 10.7. The molecule has 1 atom stereocenters. The molecule has 0 aromatic heterocycles. The van der Waals surface area contributed by atoms with Gasteiger partial charge < -0.3 is 19.6 Å². The van der Waals surface area contributed by atoms with E-state index >= 15 is 0 Å². The van der Waals surface area contributed by atoms with Crippen LogP contribution in [0.3, 0.4) is 0 Å². The number of benzene rings is 1. The van der Waals surface area contributed by atoms with Crippen LogP contribution >= 0.6 is 0 Å². The minimum absolute atomic E-state index is 0.0417. The molecule has 12 nitrogen and oxygen atoms in total. The normalized spacial score (nSPS) is 15.1. The molecule has 0 saturated heterocycles. The lowest BCUT2D eigenvalue weighted by Gasteiger charge is -2.30. The first-order valence-electron chi connectivity index (χ1n) is 12.7. The fourth-order valence-corrected chi connectivity index (χ4v) is 4.31. The predicted octanol–water partition coefficient (Wildman–Crippen LogP) is 4.87. The van der Waals surface area contributed by atoms with E-state index < -0.39 is 41.1 Å². The van der Waals surface area contributed by atoms with Crippen molar-refractivity contribution in [2.45, 2.75) is 71.6 Å². The van der Waals surface area contributed by atoms with Crippen molar-refractivity contribution in [2.24, 2.45) is 0 Å². The van der Waals surface area contributed by atoms with Gasteiger partial charge in [0.25, 0.3) is 10.8 Å². The van der Waals surface area contributed by atoms with Crippen LogP contribution in [0.15, 0.2) is 46.8 Å². The number of carbonyl (C=O) groups excluding carboxylic acids is 2. The van der Waals surface area contributed by atoms with Crippen molar-refractivity contribution in [3.63, 3.8) is 0 Å². The second kappa shape index (κ2) is 15.3. The molecule has 1 aromatic rings. The van der Waals surface area contributed by atoms with Crippen LogP contribution in [0.5, 0.6) is 0 Å². The van der Waals surface area contributed by atoms with Crippen molar-refractivity contribution in [2.75, 3.05) is 19.8 Å². The van der Waals surface area contributed by atoms with Gasteiger partial charge in [-0.3, -0.25) is 10.1 Å². The molecule has 12 heteroatoms. The van der Waals surface area contributed by atoms with E-state index in [1.165, 1.54) is 37.5 Å². The fourth-order valence-electron chi connectivity index (χ4n) is 4.31. The number of rotatable bonds is 16. The maximum atomic E-state index is 13.3. The van der Waals surface area contributed by atoms with Crippen molar-refractivity contribution in [3.05, 3.63) is 72.6 Å². The van der Waals surface area contributed by atoms with Gasteiger partial charge in [0.1, 0.15) is 13.2 Å². The minimum Gasteiger partial charge on any atom is -0.462 e. The molecule has 0 amide bonds. The lowest BCUT2D eigenvalue weighted by atomic mass is 9.80. The first-order chi connectivity index (χ1) is 18.2. The van der Waals surface area contributed by atoms with Gasteiger partial charge in [-0.1, -0.05) is 57.6 Å². The number of unbranched alkanes of at least 4 members (excludes halogenated alkanes) is 6. The smallest absolute Gasteiger partial charge is 0.336 e. The number of allylic oxidation sites excluding steroid dienone is 2. The van der Waals surface area contributed by atoms with Crippen molar-refractivity contribution >= 4 is 17.6 Å². The quantitative estimate of drug-likeness (QED) is 0.134. The number of esters is 2. The van der Waals surface area contributed by atoms with Crippen LogP contribution in [-0.2, 0) is 23.9 Å². The molecule has 1 aliphatic heterocycles. The van der Waals surface area contributed by atoms with E-state index in [-0.39, 0.29) is 23.4 Å². The van der Waals surface area contributed by atoms with Crippen LogP contribution < -0.4 is 5.32 Å². The van der Waals surface area contributed by atoms with E-state index in [0.717, 1.165) is 19.3 Å². The van der Waals surface area contributed by atoms with Crippen LogP contribution in [0, 0.1) is 20.2 Å². The average molecular weight is 534 g/mol. The summed E-state index contributed by atoms with van der Waals surface area (Å²) in [7, 11) is 0. The zero-order valence-corrected chi connectivity index (χ0v) is 22.0. The molecule has 1 N–H and O–H groups in total. The highest BCUT2D eigenvalue weighted by molar-refractivity contribution is 6.00. The Morgan fingerprint density at radius 2 is 1.45 bits per heavy atom. The number of nitro groups is 1. The van der Waals surface area contributed by atoms with Gasteiger partial charge in [0, 0.05) is 23.5 Å². The van der Waals surface area contributed by atoms with Crippen molar-refractivity contribution in [1.82, 2.24) is 5.32 Å². The maximum Gasteiger partial charge on any atom is 0.336 e. The molecule has 1 aliphatic rings. The highest BCUT2D eigenvalue weighted by atomic mass is 17.0. The summed E-state index contributed by atoms with van der Waals surface area (Å²) in [6, 6.07) is 5.65. The summed E-state index contributed by atoms with van der Waals surface area (Å²) in [6.07, 6.45) is 7.35. The zero-order valence-electron chi connectivity index (χ0n) is 22.0. The number of nitrogens with zero attached hydrogens (tertiary/aromatic N) is 2. The van der Waals surface area contributed by atoms with E-state index in [2.05, 4.69) is 17.1 Å². The van der Waals surface area contributed by atoms with Gasteiger partial charge in [0.05, 0.1) is 28.6 Å². The molecule has 38 heavy (non-hydrogen) atoms. The summed E-state index contributed by atoms with van der Waals surface area (Å²) >= 11 is 0. The highest BCUT2D eigenvalue weighted by Crippen LogP contribution is 2.40. The van der Waals surface area contributed by atoms with Crippen molar-refractivity contribution in [1.29, 1.82) is 0 Å². The summed E-state index contributed by atoms with van der Waals surface area (Å²) in [5.41, 5.74) is 1.11. The van der Waals surface area contributed by atoms with Crippen LogP contribution in [0.2, 0.25) is 0 Å². The number of hydrogen-bond acceptors (Lipinski definition) is 10. The van der Waals surface area contributed by atoms with Gasteiger partial charge in [0.15, 0.2) is 0 Å². The molecule has 208 valence electrons. The molecule has 0 bridgehead atoms. The Labute approximate surface area is 221 Å². The van der Waals surface area contributed by atoms with Crippen molar-refractivity contribution in [3.8, 4) is 0 Å². The lowest BCUT2D eigenvalue weighted by molar-refractivity contribution is -0.757. The molecular formula is C26H35N3O9. The highest BCUT2D eigenvalue weighted by Gasteiger charge is 2.38. The molecule has 0 aliphatic carbocycles. The van der Waals surface area contributed by atoms with Gasteiger partial charge in [-0.25, -0.2) is 9.59 Å². The van der Waals surface area contributed by atoms with E-state index in [1.54, 1.807) is 19.9 Å². The summed E-state index contributed by atoms with van der Waals surface area (Å²) in [4.78, 5) is 51.8. The van der Waals surface area contributed by atoms with Crippen LogP contribution in [0.4, 0.5) is 5.69 Å². The van der Waals surface area contributed by atoms with E-state index in [9.17, 15) is 29.8 Å². The zero-order chi connectivity index (χ0) is 28.1. The summed E-state index contributed by atoms with van der Waals surface area (Å²) in [5, 5.41) is 23.8. The number of non-ortho nitro benzene ring substituents is 1. The first kappa shape index (κ1) is 30.3. The first-order valence-corrected chi connectivity index (χ1v) is 12.7. The van der Waals surface area contributed by atoms with Gasteiger partial charge in [-0.05, 0) is 25.8 Å². The molecule has 0 saturated carbocycles. The van der Waals surface area contributed by atoms with E-state index in [4.69, 9.17) is 9.47 Å². The number of dihydropyridines is 1. The third kappa shape index (κ3) is 8.86. The molecule has 0 radical (unpaired) electrons. The molecule has 0 fully saturated rings. The van der Waals surface area contributed by atoms with Gasteiger partial charge >= 0.3 is 11.9 Å². The fraction of sp³-hybridized carbons (Fsp3) is 0.538. The monoisotopic (exact) mass is 533 g/mol. The molecule has 2 rings (SSSR count). The van der Waals surface area contributed by atoms with Gasteiger partial charge in [-0.15, -0.1) is 10.1 Å². The maximum absolute atomic E-state index is 13.3. The molecule has 0 spiro atoms. The Balaban J connectivity index is 2.26. The predicted molar refractivity (Wildman–Crippen MR) is 137 cm³/mol. The third-order valence-corrected chi connectivity index (χ3v) is 6.11. The Morgan fingerprint density at radius 3 is 2.03 bits per heavy atom. The SMILES string of the molecule is CCCCCCCCCOC(=O)C1=C(C)NC(C)=C(C(=O)OCCO[N+](=O)[O-])C1c1cccc([N+](=O)[O-])c1. The number of hydrogen-bond donors (Lipinski definition) is 1. The number of nitro benzene ring substituents is 1. The minimum atomic E-state index is -1.01. The average Bonchev–Trinajstić information content (AvgIpc) is 2.87. The topological polar surface area (TPSA) is 160 Å². The third-order valence-electron chi connectivity index (χ3n) is 6.11. The molecule has 1 aromatic carbocycles. The van der Waals surface area contributed by atoms with Crippen LogP contribution in [-0.4, -0.2) is 41.8 Å². The summed E-state index contributed by atoms with van der Waals surface area (Å²) in [5.74, 6) is -2.50. The summed E-state index contributed by atoms with van der Waals surface area (Å²) in [6.45, 7) is 4.75.